The van der Waals surface area contributed by atoms with Crippen molar-refractivity contribution in [3.63, 3.8) is 0 Å². The van der Waals surface area contributed by atoms with Crippen molar-refractivity contribution in [1.29, 1.82) is 0 Å². The van der Waals surface area contributed by atoms with E-state index in [1.165, 1.54) is 16.6 Å². The summed E-state index contributed by atoms with van der Waals surface area (Å²) >= 11 is 3.22. The third kappa shape index (κ3) is 4.82. The maximum atomic E-state index is 12.7. The van der Waals surface area contributed by atoms with Gasteiger partial charge in [-0.15, -0.1) is 21.5 Å². The summed E-state index contributed by atoms with van der Waals surface area (Å²) in [6.45, 7) is 1.92. The normalized spacial score (nSPS) is 14.6. The Morgan fingerprint density at radius 1 is 1.28 bits per heavy atom. The van der Waals surface area contributed by atoms with E-state index in [-0.39, 0.29) is 11.2 Å². The topological polar surface area (TPSA) is 63.1 Å². The van der Waals surface area contributed by atoms with Gasteiger partial charge in [0.2, 0.25) is 5.91 Å². The number of amides is 1. The molecule has 8 heteroatoms. The first-order chi connectivity index (χ1) is 14.0. The number of aromatic nitrogens is 3. The van der Waals surface area contributed by atoms with Crippen LogP contribution in [-0.2, 0) is 11.2 Å². The van der Waals surface area contributed by atoms with E-state index in [0.717, 1.165) is 41.6 Å². The van der Waals surface area contributed by atoms with Gasteiger partial charge in [0.05, 0.1) is 5.25 Å². The van der Waals surface area contributed by atoms with Crippen molar-refractivity contribution in [2.24, 2.45) is 0 Å². The van der Waals surface area contributed by atoms with Crippen LogP contribution < -0.4 is 10.2 Å². The number of anilines is 2. The predicted octanol–water partition coefficient (Wildman–Crippen LogP) is 4.45. The summed E-state index contributed by atoms with van der Waals surface area (Å²) < 4.78 is 2.24. The highest BCUT2D eigenvalue weighted by atomic mass is 32.2. The Morgan fingerprint density at radius 2 is 2.03 bits per heavy atom. The first-order valence-corrected chi connectivity index (χ1v) is 11.5. The van der Waals surface area contributed by atoms with Crippen LogP contribution in [0.2, 0.25) is 0 Å². The second-order valence-electron chi connectivity index (χ2n) is 7.45. The molecule has 0 saturated heterocycles. The molecular formula is C21H25N5OS2. The minimum Gasteiger partial charge on any atom is -0.378 e. The van der Waals surface area contributed by atoms with Crippen molar-refractivity contribution < 1.29 is 4.79 Å². The number of carbonyl (C=O) groups is 1. The van der Waals surface area contributed by atoms with E-state index in [1.807, 2.05) is 50.2 Å². The molecule has 1 atom stereocenters. The number of nitrogens with zero attached hydrogens (tertiary/aromatic N) is 4. The van der Waals surface area contributed by atoms with Gasteiger partial charge in [0.15, 0.2) is 5.16 Å². The molecule has 3 aromatic rings. The Labute approximate surface area is 179 Å². The van der Waals surface area contributed by atoms with Crippen molar-refractivity contribution in [3.8, 4) is 0 Å². The molecule has 4 rings (SSSR count). The molecule has 1 aromatic carbocycles. The van der Waals surface area contributed by atoms with Crippen molar-refractivity contribution in [3.05, 3.63) is 52.5 Å². The van der Waals surface area contributed by atoms with Crippen molar-refractivity contribution >= 4 is 40.4 Å². The monoisotopic (exact) mass is 427 g/mol. The van der Waals surface area contributed by atoms with Crippen LogP contribution in [0.4, 0.5) is 11.4 Å². The molecule has 29 heavy (non-hydrogen) atoms. The number of thioether (sulfide) groups is 1. The minimum absolute atomic E-state index is 0.0299. The van der Waals surface area contributed by atoms with E-state index in [2.05, 4.69) is 37.6 Å². The van der Waals surface area contributed by atoms with Gasteiger partial charge in [0.1, 0.15) is 5.82 Å². The lowest BCUT2D eigenvalue weighted by atomic mass is 10.2. The smallest absolute Gasteiger partial charge is 0.237 e. The van der Waals surface area contributed by atoms with Gasteiger partial charge < -0.3 is 14.8 Å². The summed E-state index contributed by atoms with van der Waals surface area (Å²) in [4.78, 5) is 16.0. The molecule has 0 radical (unpaired) electrons. The first kappa shape index (κ1) is 20.0. The third-order valence-corrected chi connectivity index (χ3v) is 6.80. The summed E-state index contributed by atoms with van der Waals surface area (Å²) in [5.41, 5.74) is 1.90. The molecule has 152 valence electrons. The van der Waals surface area contributed by atoms with Gasteiger partial charge in [0.25, 0.3) is 0 Å². The Balaban J connectivity index is 1.43. The van der Waals surface area contributed by atoms with Crippen molar-refractivity contribution in [2.45, 2.75) is 42.6 Å². The standard InChI is InChI=1S/C21H25N5OS2/c1-14(20(27)22-15-6-8-16(9-7-15)25(2)3)29-21-24-23-19(26(21)17-10-11-17)13-18-5-4-12-28-18/h4-9,12,14,17H,10-11,13H2,1-3H3,(H,22,27). The van der Waals surface area contributed by atoms with Crippen molar-refractivity contribution in [1.82, 2.24) is 14.8 Å². The van der Waals surface area contributed by atoms with E-state index >= 15 is 0 Å². The van der Waals surface area contributed by atoms with Crippen molar-refractivity contribution in [2.75, 3.05) is 24.3 Å². The van der Waals surface area contributed by atoms with E-state index in [4.69, 9.17) is 0 Å². The zero-order valence-electron chi connectivity index (χ0n) is 16.8. The lowest BCUT2D eigenvalue weighted by Gasteiger charge is -2.15. The van der Waals surface area contributed by atoms with Gasteiger partial charge in [-0.25, -0.2) is 0 Å². The molecule has 2 aromatic heterocycles. The van der Waals surface area contributed by atoms with Crippen LogP contribution in [0.15, 0.2) is 46.9 Å². The average Bonchev–Trinajstić information content (AvgIpc) is 3.26. The van der Waals surface area contributed by atoms with Crippen LogP contribution in [0.1, 0.15) is 36.5 Å². The Morgan fingerprint density at radius 3 is 2.66 bits per heavy atom. The zero-order chi connectivity index (χ0) is 20.4. The Kier molecular flexibility index (Phi) is 5.91. The molecule has 1 aliphatic carbocycles. The van der Waals surface area contributed by atoms with Gasteiger partial charge >= 0.3 is 0 Å². The highest BCUT2D eigenvalue weighted by Gasteiger charge is 2.31. The molecule has 6 nitrogen and oxygen atoms in total. The van der Waals surface area contributed by atoms with Gasteiger partial charge in [-0.05, 0) is 55.5 Å². The molecule has 2 heterocycles. The van der Waals surface area contributed by atoms with Crippen LogP contribution in [0.5, 0.6) is 0 Å². The fourth-order valence-electron chi connectivity index (χ4n) is 3.08. The number of carbonyl (C=O) groups excluding carboxylic acids is 1. The van der Waals surface area contributed by atoms with Crippen LogP contribution in [-0.4, -0.2) is 40.0 Å². The summed E-state index contributed by atoms with van der Waals surface area (Å²) in [6, 6.07) is 12.5. The van der Waals surface area contributed by atoms with Gasteiger partial charge in [-0.2, -0.15) is 0 Å². The van der Waals surface area contributed by atoms with E-state index < -0.39 is 0 Å². The molecule has 0 bridgehead atoms. The number of rotatable bonds is 8. The summed E-state index contributed by atoms with van der Waals surface area (Å²) in [7, 11) is 3.99. The van der Waals surface area contributed by atoms with Crippen LogP contribution in [0, 0.1) is 0 Å². The number of hydrogen-bond acceptors (Lipinski definition) is 6. The van der Waals surface area contributed by atoms with Gasteiger partial charge in [0, 0.05) is 42.8 Å². The van der Waals surface area contributed by atoms with E-state index in [9.17, 15) is 4.79 Å². The summed E-state index contributed by atoms with van der Waals surface area (Å²) in [6.07, 6.45) is 3.10. The molecule has 1 unspecified atom stereocenters. The molecule has 1 amide bonds. The SMILES string of the molecule is CC(Sc1nnc(Cc2cccs2)n1C1CC1)C(=O)Nc1ccc(N(C)C)cc1. The van der Waals surface area contributed by atoms with Crippen LogP contribution in [0.3, 0.4) is 0 Å². The Bertz CT molecular complexity index is 962. The molecule has 0 aliphatic heterocycles. The van der Waals surface area contributed by atoms with Gasteiger partial charge in [-0.1, -0.05) is 17.8 Å². The van der Waals surface area contributed by atoms with Gasteiger partial charge in [-0.3, -0.25) is 4.79 Å². The van der Waals surface area contributed by atoms with E-state index in [1.54, 1.807) is 11.3 Å². The molecule has 0 spiro atoms. The summed E-state index contributed by atoms with van der Waals surface area (Å²) in [5, 5.41) is 14.5. The number of hydrogen-bond donors (Lipinski definition) is 1. The highest BCUT2D eigenvalue weighted by Crippen LogP contribution is 2.40. The Hall–Kier alpha value is -2.32. The number of thiophene rings is 1. The largest absolute Gasteiger partial charge is 0.378 e. The minimum atomic E-state index is -0.264. The highest BCUT2D eigenvalue weighted by molar-refractivity contribution is 8.00. The number of benzene rings is 1. The quantitative estimate of drug-likeness (QED) is 0.538. The van der Waals surface area contributed by atoms with E-state index in [0.29, 0.717) is 6.04 Å². The maximum Gasteiger partial charge on any atom is 0.237 e. The lowest BCUT2D eigenvalue weighted by molar-refractivity contribution is -0.115. The van der Waals surface area contributed by atoms with Crippen LogP contribution >= 0.6 is 23.1 Å². The lowest BCUT2D eigenvalue weighted by Crippen LogP contribution is -2.23. The molecule has 1 N–H and O–H groups in total. The summed E-state index contributed by atoms with van der Waals surface area (Å²) in [5.74, 6) is 0.960. The fourth-order valence-corrected chi connectivity index (χ4v) is 4.71. The fraction of sp³-hybridized carbons (Fsp3) is 0.381. The second kappa shape index (κ2) is 8.59. The number of nitrogens with one attached hydrogen (secondary N) is 1. The first-order valence-electron chi connectivity index (χ1n) is 9.72. The zero-order valence-corrected chi connectivity index (χ0v) is 18.5. The van der Waals surface area contributed by atoms with Crippen LogP contribution in [0.25, 0.3) is 0 Å². The molecule has 1 aliphatic rings. The second-order valence-corrected chi connectivity index (χ2v) is 9.79. The molecular weight excluding hydrogens is 402 g/mol. The molecule has 1 fully saturated rings. The average molecular weight is 428 g/mol. The molecule has 1 saturated carbocycles. The predicted molar refractivity (Wildman–Crippen MR) is 120 cm³/mol. The third-order valence-electron chi connectivity index (χ3n) is 4.86. The maximum absolute atomic E-state index is 12.7.